The van der Waals surface area contributed by atoms with Crippen molar-refractivity contribution in [3.05, 3.63) is 21.2 Å². The Bertz CT molecular complexity index is 338. The van der Waals surface area contributed by atoms with E-state index in [2.05, 4.69) is 15.3 Å². The third kappa shape index (κ3) is 2.21. The molecule has 0 saturated carbocycles. The summed E-state index contributed by atoms with van der Waals surface area (Å²) in [7, 11) is 1.87. The number of aromatic nitrogens is 2. The summed E-state index contributed by atoms with van der Waals surface area (Å²) < 4.78 is 1.26. The van der Waals surface area contributed by atoms with Crippen LogP contribution in [0.3, 0.4) is 0 Å². The third-order valence-corrected chi connectivity index (χ3v) is 1.85. The minimum Gasteiger partial charge on any atom is -0.339 e. The van der Waals surface area contributed by atoms with Gasteiger partial charge in [0.15, 0.2) is 4.77 Å². The van der Waals surface area contributed by atoms with E-state index in [1.807, 2.05) is 13.2 Å². The maximum absolute atomic E-state index is 5.02. The topological polar surface area (TPSA) is 43.6 Å². The van der Waals surface area contributed by atoms with Crippen LogP contribution in [0.15, 0.2) is 6.20 Å². The van der Waals surface area contributed by atoms with Crippen LogP contribution in [0.4, 0.5) is 0 Å². The second-order valence-corrected chi connectivity index (χ2v) is 2.94. The predicted molar refractivity (Wildman–Crippen MR) is 49.6 cm³/mol. The number of rotatable bonds is 2. The van der Waals surface area contributed by atoms with Gasteiger partial charge in [-0.3, -0.25) is 0 Å². The zero-order chi connectivity index (χ0) is 8.27. The molecule has 0 atom stereocenters. The van der Waals surface area contributed by atoms with E-state index in [0.29, 0.717) is 9.41 Å². The van der Waals surface area contributed by atoms with Crippen LogP contribution in [0, 0.1) is 9.41 Å². The summed E-state index contributed by atoms with van der Waals surface area (Å²) in [5.74, 6) is 0. The van der Waals surface area contributed by atoms with Crippen molar-refractivity contribution in [2.75, 3.05) is 7.05 Å². The Labute approximate surface area is 74.9 Å². The molecule has 0 aliphatic carbocycles. The van der Waals surface area contributed by atoms with Gasteiger partial charge in [-0.25, -0.2) is 0 Å². The molecule has 1 rings (SSSR count). The molecule has 0 amide bonds. The Kier molecular flexibility index (Phi) is 2.92. The van der Waals surface area contributed by atoms with Crippen molar-refractivity contribution in [1.82, 2.24) is 15.3 Å². The summed E-state index contributed by atoms with van der Waals surface area (Å²) in [6.07, 6.45) is 1.82. The Hall–Kier alpha value is -0.520. The highest BCUT2D eigenvalue weighted by molar-refractivity contribution is 7.72. The van der Waals surface area contributed by atoms with Gasteiger partial charge >= 0.3 is 0 Å². The van der Waals surface area contributed by atoms with Crippen molar-refractivity contribution >= 4 is 24.4 Å². The fourth-order valence-electron chi connectivity index (χ4n) is 0.759. The molecule has 0 radical (unpaired) electrons. The second kappa shape index (κ2) is 3.75. The van der Waals surface area contributed by atoms with Crippen LogP contribution in [0.25, 0.3) is 0 Å². The first-order valence-electron chi connectivity index (χ1n) is 3.19. The first-order chi connectivity index (χ1) is 5.24. The molecule has 5 heteroatoms. The fourth-order valence-corrected chi connectivity index (χ4v) is 1.22. The van der Waals surface area contributed by atoms with E-state index >= 15 is 0 Å². The van der Waals surface area contributed by atoms with Crippen molar-refractivity contribution < 1.29 is 0 Å². The molecule has 0 bridgehead atoms. The summed E-state index contributed by atoms with van der Waals surface area (Å²) in [5, 5.41) is 3.00. The molecular formula is C6H9N3S2. The summed E-state index contributed by atoms with van der Waals surface area (Å²) >= 11 is 9.87. The molecule has 60 valence electrons. The van der Waals surface area contributed by atoms with Gasteiger partial charge < -0.3 is 15.3 Å². The van der Waals surface area contributed by atoms with Gasteiger partial charge in [-0.2, -0.15) is 0 Å². The van der Waals surface area contributed by atoms with E-state index in [1.54, 1.807) is 0 Å². The predicted octanol–water partition coefficient (Wildman–Crippen LogP) is 1.52. The van der Waals surface area contributed by atoms with E-state index in [1.165, 1.54) is 0 Å². The quantitative estimate of drug-likeness (QED) is 0.615. The van der Waals surface area contributed by atoms with Crippen LogP contribution in [-0.2, 0) is 6.54 Å². The number of nitrogens with one attached hydrogen (secondary N) is 3. The number of hydrogen-bond acceptors (Lipinski definition) is 3. The molecule has 0 aromatic carbocycles. The van der Waals surface area contributed by atoms with Crippen LogP contribution >= 0.6 is 24.4 Å². The van der Waals surface area contributed by atoms with E-state index in [9.17, 15) is 0 Å². The normalized spacial score (nSPS) is 9.91. The average molecular weight is 187 g/mol. The monoisotopic (exact) mass is 187 g/mol. The highest BCUT2D eigenvalue weighted by Crippen LogP contribution is 1.96. The molecular weight excluding hydrogens is 178 g/mol. The van der Waals surface area contributed by atoms with Gasteiger partial charge in [-0.05, 0) is 19.3 Å². The molecule has 11 heavy (non-hydrogen) atoms. The summed E-state index contributed by atoms with van der Waals surface area (Å²) in [6, 6.07) is 0. The molecule has 1 heterocycles. The Morgan fingerprint density at radius 3 is 2.82 bits per heavy atom. The smallest absolute Gasteiger partial charge is 0.175 e. The number of H-pyrrole nitrogens is 2. The van der Waals surface area contributed by atoms with Crippen molar-refractivity contribution in [3.63, 3.8) is 0 Å². The lowest BCUT2D eigenvalue weighted by Crippen LogP contribution is -2.06. The van der Waals surface area contributed by atoms with Crippen molar-refractivity contribution in [2.24, 2.45) is 0 Å². The van der Waals surface area contributed by atoms with Gasteiger partial charge in [-0.1, -0.05) is 12.2 Å². The van der Waals surface area contributed by atoms with Crippen molar-refractivity contribution in [1.29, 1.82) is 0 Å². The van der Waals surface area contributed by atoms with Gasteiger partial charge in [-0.15, -0.1) is 0 Å². The Balaban J connectivity index is 3.10. The van der Waals surface area contributed by atoms with Crippen molar-refractivity contribution in [2.45, 2.75) is 6.54 Å². The lowest BCUT2D eigenvalue weighted by atomic mass is 10.3. The Morgan fingerprint density at radius 1 is 1.55 bits per heavy atom. The summed E-state index contributed by atoms with van der Waals surface area (Å²) in [4.78, 5) is 5.74. The largest absolute Gasteiger partial charge is 0.339 e. The van der Waals surface area contributed by atoms with Gasteiger partial charge in [0, 0.05) is 18.3 Å². The van der Waals surface area contributed by atoms with Crippen molar-refractivity contribution in [3.8, 4) is 0 Å². The Morgan fingerprint density at radius 2 is 2.27 bits per heavy atom. The maximum atomic E-state index is 5.02. The van der Waals surface area contributed by atoms with E-state index in [0.717, 1.165) is 12.1 Å². The van der Waals surface area contributed by atoms with Gasteiger partial charge in [0.1, 0.15) is 4.64 Å². The maximum Gasteiger partial charge on any atom is 0.175 e. The van der Waals surface area contributed by atoms with Crippen LogP contribution in [0.1, 0.15) is 5.56 Å². The first kappa shape index (κ1) is 8.58. The van der Waals surface area contributed by atoms with Crippen LogP contribution in [0.5, 0.6) is 0 Å². The van der Waals surface area contributed by atoms with Gasteiger partial charge in [0.25, 0.3) is 0 Å². The minimum atomic E-state index is 0.565. The molecule has 0 unspecified atom stereocenters. The molecule has 0 aliphatic rings. The number of aromatic amines is 2. The number of hydrogen-bond donors (Lipinski definition) is 3. The minimum absolute atomic E-state index is 0.565. The standard InChI is InChI=1S/C6H9N3S2/c1-7-2-4-3-8-6(11)9-5(4)10/h3,7H,2H2,1H3,(H2,8,9,10,11). The second-order valence-electron chi connectivity index (χ2n) is 2.13. The van der Waals surface area contributed by atoms with Gasteiger partial charge in [0.05, 0.1) is 0 Å². The van der Waals surface area contributed by atoms with Crippen LogP contribution in [-0.4, -0.2) is 17.0 Å². The zero-order valence-corrected chi connectivity index (χ0v) is 7.73. The van der Waals surface area contributed by atoms with Crippen LogP contribution < -0.4 is 5.32 Å². The zero-order valence-electron chi connectivity index (χ0n) is 6.10. The average Bonchev–Trinajstić information content (AvgIpc) is 1.95. The molecule has 0 saturated heterocycles. The fraction of sp³-hybridized carbons (Fsp3) is 0.333. The summed E-state index contributed by atoms with van der Waals surface area (Å²) in [6.45, 7) is 0.751. The highest BCUT2D eigenvalue weighted by Gasteiger charge is 1.91. The molecule has 0 aliphatic heterocycles. The van der Waals surface area contributed by atoms with E-state index < -0.39 is 0 Å². The van der Waals surface area contributed by atoms with Gasteiger partial charge in [0.2, 0.25) is 0 Å². The molecule has 1 aromatic rings. The lowest BCUT2D eigenvalue weighted by Gasteiger charge is -1.98. The molecule has 3 nitrogen and oxygen atoms in total. The van der Waals surface area contributed by atoms with Crippen LogP contribution in [0.2, 0.25) is 0 Å². The third-order valence-electron chi connectivity index (χ3n) is 1.26. The van der Waals surface area contributed by atoms with E-state index in [-0.39, 0.29) is 0 Å². The highest BCUT2D eigenvalue weighted by atomic mass is 32.1. The first-order valence-corrected chi connectivity index (χ1v) is 4.01. The van der Waals surface area contributed by atoms with E-state index in [4.69, 9.17) is 24.4 Å². The lowest BCUT2D eigenvalue weighted by molar-refractivity contribution is 0.801. The molecule has 3 N–H and O–H groups in total. The summed E-state index contributed by atoms with van der Waals surface area (Å²) in [5.41, 5.74) is 1.02. The molecule has 1 aromatic heterocycles. The molecule has 0 fully saturated rings. The molecule has 0 spiro atoms. The SMILES string of the molecule is CNCc1c[nH]c(=S)[nH]c1=S.